The molecule has 5 rings (SSSR count). The molecule has 0 saturated carbocycles. The van der Waals surface area contributed by atoms with E-state index >= 15 is 0 Å². The van der Waals surface area contributed by atoms with Crippen molar-refractivity contribution in [2.24, 2.45) is 0 Å². The predicted molar refractivity (Wildman–Crippen MR) is 118 cm³/mol. The van der Waals surface area contributed by atoms with Crippen LogP contribution in [0, 0.1) is 0 Å². The van der Waals surface area contributed by atoms with Crippen molar-refractivity contribution in [3.8, 4) is 17.0 Å². The SMILES string of the molecule is COc1ccc(-c2nc(N3CCCCC3CO)nc3c2ncn3C2CCCCO2)cc1. The average molecular weight is 424 g/mol. The molecule has 0 amide bonds. The molecule has 1 N–H and O–H groups in total. The lowest BCUT2D eigenvalue weighted by Gasteiger charge is -2.34. The molecule has 2 saturated heterocycles. The van der Waals surface area contributed by atoms with E-state index in [1.807, 2.05) is 35.2 Å². The number of rotatable bonds is 5. The second kappa shape index (κ2) is 8.80. The number of aliphatic hydroxyl groups is 1. The van der Waals surface area contributed by atoms with E-state index in [4.69, 9.17) is 24.4 Å². The van der Waals surface area contributed by atoms with Crippen LogP contribution in [-0.4, -0.2) is 57.5 Å². The Hall–Kier alpha value is -2.71. The van der Waals surface area contributed by atoms with Gasteiger partial charge in [-0.05, 0) is 62.8 Å². The smallest absolute Gasteiger partial charge is 0.228 e. The van der Waals surface area contributed by atoms with Crippen LogP contribution in [0.4, 0.5) is 5.95 Å². The minimum atomic E-state index is -0.0554. The Kier molecular flexibility index (Phi) is 5.74. The Morgan fingerprint density at radius 2 is 1.94 bits per heavy atom. The molecule has 1 aromatic carbocycles. The number of nitrogens with zero attached hydrogens (tertiary/aromatic N) is 5. The molecular formula is C23H29N5O3. The standard InChI is InChI=1S/C23H29N5O3/c1-30-18-10-8-16(9-11-18)20-21-22(28(15-24-21)19-7-3-5-13-31-19)26-23(25-20)27-12-4-2-6-17(27)14-29/h8-11,15,17,19,29H,2-7,12-14H2,1H3. The molecule has 0 spiro atoms. The van der Waals surface area contributed by atoms with Gasteiger partial charge in [-0.2, -0.15) is 4.98 Å². The van der Waals surface area contributed by atoms with E-state index in [9.17, 15) is 5.11 Å². The number of piperidine rings is 1. The van der Waals surface area contributed by atoms with E-state index in [2.05, 4.69) is 4.90 Å². The fraction of sp³-hybridized carbons (Fsp3) is 0.522. The van der Waals surface area contributed by atoms with Gasteiger partial charge in [-0.15, -0.1) is 0 Å². The molecule has 164 valence electrons. The molecule has 31 heavy (non-hydrogen) atoms. The number of hydrogen-bond acceptors (Lipinski definition) is 7. The van der Waals surface area contributed by atoms with E-state index in [1.54, 1.807) is 7.11 Å². The highest BCUT2D eigenvalue weighted by Gasteiger charge is 2.27. The molecule has 8 heteroatoms. The van der Waals surface area contributed by atoms with Crippen molar-refractivity contribution in [2.75, 3.05) is 31.8 Å². The normalized spacial score (nSPS) is 22.1. The van der Waals surface area contributed by atoms with Crippen LogP contribution in [0.3, 0.4) is 0 Å². The zero-order valence-electron chi connectivity index (χ0n) is 17.9. The van der Waals surface area contributed by atoms with Crippen LogP contribution < -0.4 is 9.64 Å². The fourth-order valence-corrected chi connectivity index (χ4v) is 4.59. The van der Waals surface area contributed by atoms with Crippen LogP contribution in [0.25, 0.3) is 22.4 Å². The molecule has 2 unspecified atom stereocenters. The summed E-state index contributed by atoms with van der Waals surface area (Å²) in [5.41, 5.74) is 3.30. The van der Waals surface area contributed by atoms with Crippen molar-refractivity contribution in [1.82, 2.24) is 19.5 Å². The van der Waals surface area contributed by atoms with Crippen LogP contribution >= 0.6 is 0 Å². The number of aliphatic hydroxyl groups excluding tert-OH is 1. The lowest BCUT2D eigenvalue weighted by Crippen LogP contribution is -2.43. The van der Waals surface area contributed by atoms with Gasteiger partial charge in [0.15, 0.2) is 5.65 Å². The highest BCUT2D eigenvalue weighted by atomic mass is 16.5. The first kappa shape index (κ1) is 20.2. The summed E-state index contributed by atoms with van der Waals surface area (Å²) in [6.07, 6.45) is 8.07. The average Bonchev–Trinajstić information content (AvgIpc) is 3.28. The van der Waals surface area contributed by atoms with Gasteiger partial charge in [0, 0.05) is 18.7 Å². The van der Waals surface area contributed by atoms with Crippen molar-refractivity contribution in [3.05, 3.63) is 30.6 Å². The van der Waals surface area contributed by atoms with Crippen molar-refractivity contribution in [2.45, 2.75) is 50.8 Å². The largest absolute Gasteiger partial charge is 0.497 e. The molecule has 2 fully saturated rings. The molecular weight excluding hydrogens is 394 g/mol. The summed E-state index contributed by atoms with van der Waals surface area (Å²) in [6.45, 7) is 1.70. The number of fused-ring (bicyclic) bond motifs is 1. The lowest BCUT2D eigenvalue weighted by molar-refractivity contribution is -0.0298. The molecule has 0 radical (unpaired) electrons. The summed E-state index contributed by atoms with van der Waals surface area (Å²) in [6, 6.07) is 7.90. The summed E-state index contributed by atoms with van der Waals surface area (Å²) in [5.74, 6) is 1.45. The van der Waals surface area contributed by atoms with Crippen LogP contribution in [0.15, 0.2) is 30.6 Å². The van der Waals surface area contributed by atoms with Crippen molar-refractivity contribution in [3.63, 3.8) is 0 Å². The number of methoxy groups -OCH3 is 1. The lowest BCUT2D eigenvalue weighted by atomic mass is 10.0. The number of imidazole rings is 1. The quantitative estimate of drug-likeness (QED) is 0.672. The molecule has 3 aromatic rings. The van der Waals surface area contributed by atoms with Gasteiger partial charge in [-0.3, -0.25) is 4.57 Å². The Labute approximate surface area is 181 Å². The van der Waals surface area contributed by atoms with Crippen molar-refractivity contribution in [1.29, 1.82) is 0 Å². The summed E-state index contributed by atoms with van der Waals surface area (Å²) < 4.78 is 13.4. The maximum Gasteiger partial charge on any atom is 0.228 e. The third-order valence-corrected chi connectivity index (χ3v) is 6.33. The zero-order valence-corrected chi connectivity index (χ0v) is 17.9. The second-order valence-electron chi connectivity index (χ2n) is 8.27. The van der Waals surface area contributed by atoms with Gasteiger partial charge in [0.25, 0.3) is 0 Å². The van der Waals surface area contributed by atoms with E-state index in [-0.39, 0.29) is 18.9 Å². The van der Waals surface area contributed by atoms with Gasteiger partial charge in [-0.25, -0.2) is 9.97 Å². The first-order chi connectivity index (χ1) is 15.3. The molecule has 4 heterocycles. The van der Waals surface area contributed by atoms with Gasteiger partial charge < -0.3 is 19.5 Å². The molecule has 8 nitrogen and oxygen atoms in total. The van der Waals surface area contributed by atoms with E-state index < -0.39 is 0 Å². The van der Waals surface area contributed by atoms with Crippen molar-refractivity contribution < 1.29 is 14.6 Å². The monoisotopic (exact) mass is 423 g/mol. The van der Waals surface area contributed by atoms with Crippen LogP contribution in [0.1, 0.15) is 44.8 Å². The molecule has 0 aliphatic carbocycles. The Balaban J connectivity index is 1.65. The molecule has 0 bridgehead atoms. The van der Waals surface area contributed by atoms with E-state index in [0.29, 0.717) is 5.95 Å². The Bertz CT molecular complexity index is 1030. The first-order valence-corrected chi connectivity index (χ1v) is 11.2. The number of benzene rings is 1. The third-order valence-electron chi connectivity index (χ3n) is 6.33. The summed E-state index contributed by atoms with van der Waals surface area (Å²) in [7, 11) is 1.66. The van der Waals surface area contributed by atoms with E-state index in [1.165, 1.54) is 0 Å². The first-order valence-electron chi connectivity index (χ1n) is 11.2. The number of aromatic nitrogens is 4. The topological polar surface area (TPSA) is 85.5 Å². The molecule has 2 aliphatic rings. The fourth-order valence-electron chi connectivity index (χ4n) is 4.59. The summed E-state index contributed by atoms with van der Waals surface area (Å²) in [5, 5.41) is 9.95. The predicted octanol–water partition coefficient (Wildman–Crippen LogP) is 3.55. The number of ether oxygens (including phenoxy) is 2. The highest BCUT2D eigenvalue weighted by Crippen LogP contribution is 2.33. The molecule has 2 aliphatic heterocycles. The zero-order chi connectivity index (χ0) is 21.2. The van der Waals surface area contributed by atoms with Crippen molar-refractivity contribution >= 4 is 17.1 Å². The second-order valence-corrected chi connectivity index (χ2v) is 8.27. The summed E-state index contributed by atoms with van der Waals surface area (Å²) >= 11 is 0. The maximum atomic E-state index is 9.95. The summed E-state index contributed by atoms with van der Waals surface area (Å²) in [4.78, 5) is 16.7. The van der Waals surface area contributed by atoms with Gasteiger partial charge >= 0.3 is 0 Å². The van der Waals surface area contributed by atoms with Crippen LogP contribution in [-0.2, 0) is 4.74 Å². The Morgan fingerprint density at radius 1 is 1.10 bits per heavy atom. The minimum absolute atomic E-state index is 0.0391. The molecule has 2 aromatic heterocycles. The third kappa shape index (κ3) is 3.85. The van der Waals surface area contributed by atoms with E-state index in [0.717, 1.165) is 79.8 Å². The van der Waals surface area contributed by atoms with Gasteiger partial charge in [-0.1, -0.05) is 0 Å². The number of anilines is 1. The Morgan fingerprint density at radius 3 is 2.68 bits per heavy atom. The van der Waals surface area contributed by atoms with Crippen LogP contribution in [0.2, 0.25) is 0 Å². The van der Waals surface area contributed by atoms with Crippen LogP contribution in [0.5, 0.6) is 5.75 Å². The number of hydrogen-bond donors (Lipinski definition) is 1. The molecule has 2 atom stereocenters. The maximum absolute atomic E-state index is 9.95. The minimum Gasteiger partial charge on any atom is -0.497 e. The van der Waals surface area contributed by atoms with Gasteiger partial charge in [0.2, 0.25) is 5.95 Å². The van der Waals surface area contributed by atoms with Gasteiger partial charge in [0.05, 0.1) is 26.1 Å². The highest BCUT2D eigenvalue weighted by molar-refractivity contribution is 5.88. The van der Waals surface area contributed by atoms with Gasteiger partial charge in [0.1, 0.15) is 23.2 Å².